The largest absolute Gasteiger partial charge is 0.462 e. The van der Waals surface area contributed by atoms with E-state index in [9.17, 15) is 18.8 Å². The van der Waals surface area contributed by atoms with Crippen LogP contribution in [0.2, 0.25) is 0 Å². The summed E-state index contributed by atoms with van der Waals surface area (Å²) >= 11 is 6.01. The zero-order chi connectivity index (χ0) is 19.6. The van der Waals surface area contributed by atoms with Gasteiger partial charge in [-0.2, -0.15) is 0 Å². The number of esters is 1. The van der Waals surface area contributed by atoms with Gasteiger partial charge in [-0.3, -0.25) is 9.59 Å². The number of benzene rings is 2. The first-order valence-corrected chi connectivity index (χ1v) is 8.39. The molecule has 1 aliphatic heterocycles. The fourth-order valence-electron chi connectivity index (χ4n) is 2.55. The van der Waals surface area contributed by atoms with Crippen LogP contribution in [0.25, 0.3) is 0 Å². The second-order valence-corrected chi connectivity index (χ2v) is 5.89. The molecule has 0 radical (unpaired) electrons. The molecule has 0 atom stereocenters. The molecule has 1 aliphatic rings. The van der Waals surface area contributed by atoms with Crippen LogP contribution in [0, 0.1) is 5.82 Å². The quantitative estimate of drug-likeness (QED) is 0.627. The van der Waals surface area contributed by atoms with Crippen LogP contribution in [0.1, 0.15) is 17.3 Å². The molecule has 0 unspecified atom stereocenters. The Kier molecular flexibility index (Phi) is 5.23. The van der Waals surface area contributed by atoms with Crippen molar-refractivity contribution in [1.82, 2.24) is 0 Å². The minimum atomic E-state index is -0.837. The molecule has 0 aromatic heterocycles. The van der Waals surface area contributed by atoms with Gasteiger partial charge in [0, 0.05) is 5.69 Å². The second-order valence-electron chi connectivity index (χ2n) is 5.51. The third-order valence-corrected chi connectivity index (χ3v) is 4.11. The van der Waals surface area contributed by atoms with Crippen molar-refractivity contribution in [3.63, 3.8) is 0 Å². The molecule has 6 nitrogen and oxygen atoms in total. The minimum absolute atomic E-state index is 0.192. The van der Waals surface area contributed by atoms with Crippen molar-refractivity contribution in [2.75, 3.05) is 16.8 Å². The number of imide groups is 1. The molecule has 3 rings (SSSR count). The van der Waals surface area contributed by atoms with Crippen molar-refractivity contribution >= 4 is 40.8 Å². The first-order valence-electron chi connectivity index (χ1n) is 8.01. The summed E-state index contributed by atoms with van der Waals surface area (Å²) in [7, 11) is 0. The van der Waals surface area contributed by atoms with Gasteiger partial charge in [-0.15, -0.1) is 0 Å². The van der Waals surface area contributed by atoms with Gasteiger partial charge in [0.2, 0.25) is 0 Å². The third-order valence-electron chi connectivity index (χ3n) is 3.76. The number of carbonyl (C=O) groups excluding carboxylic acids is 3. The summed E-state index contributed by atoms with van der Waals surface area (Å²) < 4.78 is 18.9. The van der Waals surface area contributed by atoms with Crippen molar-refractivity contribution in [2.24, 2.45) is 0 Å². The van der Waals surface area contributed by atoms with Crippen LogP contribution in [0.5, 0.6) is 0 Å². The molecule has 1 heterocycles. The van der Waals surface area contributed by atoms with Crippen LogP contribution < -0.4 is 10.2 Å². The Morgan fingerprint density at radius 1 is 1.15 bits per heavy atom. The fourth-order valence-corrected chi connectivity index (χ4v) is 2.76. The van der Waals surface area contributed by atoms with E-state index in [1.807, 2.05) is 0 Å². The summed E-state index contributed by atoms with van der Waals surface area (Å²) in [6.07, 6.45) is 0. The lowest BCUT2D eigenvalue weighted by molar-refractivity contribution is -0.120. The summed E-state index contributed by atoms with van der Waals surface area (Å²) in [6.45, 7) is 1.91. The Balaban J connectivity index is 1.89. The Morgan fingerprint density at radius 2 is 1.89 bits per heavy atom. The number of ether oxygens (including phenoxy) is 1. The Morgan fingerprint density at radius 3 is 2.59 bits per heavy atom. The SMILES string of the molecule is CCOC(=O)c1cccc(NC2=C(Cl)C(=O)N(c3ccccc3F)C2=O)c1. The Labute approximate surface area is 159 Å². The molecular formula is C19H14ClFN2O4. The lowest BCUT2D eigenvalue weighted by atomic mass is 10.2. The van der Waals surface area contributed by atoms with Gasteiger partial charge in [-0.05, 0) is 37.3 Å². The van der Waals surface area contributed by atoms with Crippen molar-refractivity contribution in [3.8, 4) is 0 Å². The number of rotatable bonds is 5. The van der Waals surface area contributed by atoms with Crippen LogP contribution in [-0.2, 0) is 14.3 Å². The maximum atomic E-state index is 14.0. The average Bonchev–Trinajstić information content (AvgIpc) is 2.86. The zero-order valence-corrected chi connectivity index (χ0v) is 14.9. The fraction of sp³-hybridized carbons (Fsp3) is 0.105. The second kappa shape index (κ2) is 7.59. The van der Waals surface area contributed by atoms with Crippen LogP contribution >= 0.6 is 11.6 Å². The monoisotopic (exact) mass is 388 g/mol. The number of hydrogen-bond donors (Lipinski definition) is 1. The van der Waals surface area contributed by atoms with E-state index >= 15 is 0 Å². The van der Waals surface area contributed by atoms with E-state index in [1.54, 1.807) is 25.1 Å². The van der Waals surface area contributed by atoms with E-state index in [0.29, 0.717) is 10.6 Å². The van der Waals surface area contributed by atoms with E-state index in [-0.39, 0.29) is 28.6 Å². The molecule has 0 saturated heterocycles. The first kappa shape index (κ1) is 18.6. The average molecular weight is 389 g/mol. The molecule has 2 aromatic carbocycles. The van der Waals surface area contributed by atoms with Gasteiger partial charge in [0.05, 0.1) is 17.9 Å². The standard InChI is InChI=1S/C19H14ClFN2O4/c1-2-27-19(26)11-6-5-7-12(10-11)22-16-15(20)17(24)23(18(16)25)14-9-4-3-8-13(14)21/h3-10,22H,2H2,1H3. The van der Waals surface area contributed by atoms with E-state index < -0.39 is 23.6 Å². The van der Waals surface area contributed by atoms with E-state index in [1.165, 1.54) is 24.3 Å². The molecule has 0 aliphatic carbocycles. The van der Waals surface area contributed by atoms with E-state index in [0.717, 1.165) is 6.07 Å². The van der Waals surface area contributed by atoms with Crippen molar-refractivity contribution in [1.29, 1.82) is 0 Å². The maximum absolute atomic E-state index is 14.0. The summed E-state index contributed by atoms with van der Waals surface area (Å²) in [6, 6.07) is 11.6. The summed E-state index contributed by atoms with van der Waals surface area (Å²) in [5, 5.41) is 2.36. The number of halogens is 2. The molecule has 0 bridgehead atoms. The van der Waals surface area contributed by atoms with Gasteiger partial charge in [-0.1, -0.05) is 29.8 Å². The van der Waals surface area contributed by atoms with Crippen LogP contribution in [0.4, 0.5) is 15.8 Å². The summed E-state index contributed by atoms with van der Waals surface area (Å²) in [5.41, 5.74) is 0.222. The van der Waals surface area contributed by atoms with Crippen molar-refractivity contribution in [2.45, 2.75) is 6.92 Å². The number of amides is 2. The molecule has 0 fully saturated rings. The third kappa shape index (κ3) is 3.54. The topological polar surface area (TPSA) is 75.7 Å². The van der Waals surface area contributed by atoms with Crippen LogP contribution in [-0.4, -0.2) is 24.4 Å². The number of nitrogens with one attached hydrogen (secondary N) is 1. The molecule has 0 saturated carbocycles. The van der Waals surface area contributed by atoms with Crippen molar-refractivity contribution < 1.29 is 23.5 Å². The van der Waals surface area contributed by atoms with Gasteiger partial charge in [0.1, 0.15) is 16.5 Å². The number of nitrogens with zero attached hydrogens (tertiary/aromatic N) is 1. The minimum Gasteiger partial charge on any atom is -0.462 e. The molecule has 2 aromatic rings. The van der Waals surface area contributed by atoms with Gasteiger partial charge < -0.3 is 10.1 Å². The van der Waals surface area contributed by atoms with Crippen LogP contribution in [0.3, 0.4) is 0 Å². The lowest BCUT2D eigenvalue weighted by Gasteiger charge is -2.15. The zero-order valence-electron chi connectivity index (χ0n) is 14.2. The highest BCUT2D eigenvalue weighted by atomic mass is 35.5. The molecular weight excluding hydrogens is 375 g/mol. The highest BCUT2D eigenvalue weighted by Crippen LogP contribution is 2.31. The first-order chi connectivity index (χ1) is 12.9. The van der Waals surface area contributed by atoms with Gasteiger partial charge in [0.25, 0.3) is 11.8 Å². The van der Waals surface area contributed by atoms with E-state index in [2.05, 4.69) is 5.32 Å². The maximum Gasteiger partial charge on any atom is 0.338 e. The molecule has 1 N–H and O–H groups in total. The molecule has 138 valence electrons. The lowest BCUT2D eigenvalue weighted by Crippen LogP contribution is -2.33. The van der Waals surface area contributed by atoms with Gasteiger partial charge in [0.15, 0.2) is 0 Å². The highest BCUT2D eigenvalue weighted by Gasteiger charge is 2.40. The Bertz CT molecular complexity index is 974. The predicted molar refractivity (Wildman–Crippen MR) is 97.8 cm³/mol. The molecule has 2 amide bonds. The number of para-hydroxylation sites is 1. The van der Waals surface area contributed by atoms with Crippen LogP contribution in [0.15, 0.2) is 59.3 Å². The van der Waals surface area contributed by atoms with Gasteiger partial charge in [-0.25, -0.2) is 14.1 Å². The summed E-state index contributed by atoms with van der Waals surface area (Å²) in [5.74, 6) is -2.88. The van der Waals surface area contributed by atoms with Crippen molar-refractivity contribution in [3.05, 3.63) is 70.6 Å². The normalized spacial score (nSPS) is 14.0. The summed E-state index contributed by atoms with van der Waals surface area (Å²) in [4.78, 5) is 37.5. The number of carbonyl (C=O) groups is 3. The number of anilines is 2. The molecule has 27 heavy (non-hydrogen) atoms. The molecule has 0 spiro atoms. The number of hydrogen-bond acceptors (Lipinski definition) is 5. The van der Waals surface area contributed by atoms with Gasteiger partial charge >= 0.3 is 5.97 Å². The van der Waals surface area contributed by atoms with E-state index in [4.69, 9.17) is 16.3 Å². The Hall–Kier alpha value is -3.19. The highest BCUT2D eigenvalue weighted by molar-refractivity contribution is 6.53. The molecule has 8 heteroatoms. The predicted octanol–water partition coefficient (Wildman–Crippen LogP) is 3.44. The smallest absolute Gasteiger partial charge is 0.338 e.